The summed E-state index contributed by atoms with van der Waals surface area (Å²) in [7, 11) is 0. The number of aliphatic hydroxyl groups is 1. The van der Waals surface area contributed by atoms with Crippen LogP contribution < -0.4 is 0 Å². The highest BCUT2D eigenvalue weighted by Crippen LogP contribution is 2.18. The maximum absolute atomic E-state index is 13.1. The lowest BCUT2D eigenvalue weighted by molar-refractivity contribution is -0.126. The minimum atomic E-state index is -1.16. The first-order valence-corrected chi connectivity index (χ1v) is 6.08. The first-order valence-electron chi connectivity index (χ1n) is 6.08. The smallest absolute Gasteiger partial charge is 0.170 e. The van der Waals surface area contributed by atoms with Crippen LogP contribution in [0.25, 0.3) is 0 Å². The zero-order valence-electron chi connectivity index (χ0n) is 10.6. The Bertz CT molecular complexity index is 579. The zero-order valence-corrected chi connectivity index (χ0v) is 10.6. The molecule has 0 heterocycles. The molecule has 0 bridgehead atoms. The molecule has 1 N–H and O–H groups in total. The highest BCUT2D eigenvalue weighted by molar-refractivity contribution is 5.86. The molecule has 3 heteroatoms. The molecule has 0 fully saturated rings. The van der Waals surface area contributed by atoms with Crippen molar-refractivity contribution in [2.75, 3.05) is 0 Å². The van der Waals surface area contributed by atoms with Crippen molar-refractivity contribution in [3.63, 3.8) is 0 Å². The van der Waals surface area contributed by atoms with Gasteiger partial charge in [0.2, 0.25) is 0 Å². The van der Waals surface area contributed by atoms with Crippen LogP contribution in [-0.4, -0.2) is 10.9 Å². The standard InChI is InChI=1S/C16H15FO2/c1-11-7-8-14(17)9-13(11)10-15(18)16(19)12-5-3-2-4-6-12/h2-9,16,19H,10H2,1H3. The molecule has 0 aliphatic heterocycles. The van der Waals surface area contributed by atoms with Gasteiger partial charge in [0.15, 0.2) is 5.78 Å². The predicted octanol–water partition coefficient (Wildman–Crippen LogP) is 2.98. The zero-order chi connectivity index (χ0) is 13.8. The largest absolute Gasteiger partial charge is 0.381 e. The van der Waals surface area contributed by atoms with Crippen LogP contribution in [0.3, 0.4) is 0 Å². The summed E-state index contributed by atoms with van der Waals surface area (Å²) in [5, 5.41) is 9.97. The summed E-state index contributed by atoms with van der Waals surface area (Å²) in [5.74, 6) is -0.706. The third-order valence-corrected chi connectivity index (χ3v) is 3.10. The summed E-state index contributed by atoms with van der Waals surface area (Å²) in [4.78, 5) is 12.0. The Morgan fingerprint density at radius 1 is 1.21 bits per heavy atom. The molecule has 0 aliphatic carbocycles. The molecule has 0 saturated carbocycles. The van der Waals surface area contributed by atoms with E-state index in [1.807, 2.05) is 13.0 Å². The molecule has 19 heavy (non-hydrogen) atoms. The number of carbonyl (C=O) groups is 1. The summed E-state index contributed by atoms with van der Waals surface area (Å²) in [6.45, 7) is 1.82. The summed E-state index contributed by atoms with van der Waals surface area (Å²) >= 11 is 0. The maximum atomic E-state index is 13.1. The Morgan fingerprint density at radius 2 is 1.89 bits per heavy atom. The topological polar surface area (TPSA) is 37.3 Å². The molecule has 1 unspecified atom stereocenters. The van der Waals surface area contributed by atoms with Gasteiger partial charge in [-0.15, -0.1) is 0 Å². The highest BCUT2D eigenvalue weighted by Gasteiger charge is 2.18. The number of hydrogen-bond donors (Lipinski definition) is 1. The van der Waals surface area contributed by atoms with Crippen LogP contribution in [0.15, 0.2) is 48.5 Å². The van der Waals surface area contributed by atoms with Crippen molar-refractivity contribution < 1.29 is 14.3 Å². The summed E-state index contributed by atoms with van der Waals surface area (Å²) in [6, 6.07) is 13.1. The van der Waals surface area contributed by atoms with Gasteiger partial charge in [-0.05, 0) is 35.7 Å². The van der Waals surface area contributed by atoms with Crippen LogP contribution >= 0.6 is 0 Å². The van der Waals surface area contributed by atoms with Gasteiger partial charge < -0.3 is 5.11 Å². The Kier molecular flexibility index (Phi) is 4.07. The molecule has 0 spiro atoms. The average Bonchev–Trinajstić information content (AvgIpc) is 2.43. The number of aliphatic hydroxyl groups excluding tert-OH is 1. The molecule has 98 valence electrons. The second-order valence-corrected chi connectivity index (χ2v) is 4.53. The van der Waals surface area contributed by atoms with Crippen LogP contribution in [-0.2, 0) is 11.2 Å². The molecule has 0 aliphatic rings. The SMILES string of the molecule is Cc1ccc(F)cc1CC(=O)C(O)c1ccccc1. The summed E-state index contributed by atoms with van der Waals surface area (Å²) in [5.41, 5.74) is 2.01. The molecular formula is C16H15FO2. The number of ketones is 1. The van der Waals surface area contributed by atoms with Gasteiger partial charge in [0.1, 0.15) is 11.9 Å². The van der Waals surface area contributed by atoms with Crippen LogP contribution in [0.4, 0.5) is 4.39 Å². The Morgan fingerprint density at radius 3 is 2.58 bits per heavy atom. The van der Waals surface area contributed by atoms with Gasteiger partial charge >= 0.3 is 0 Å². The summed E-state index contributed by atoms with van der Waals surface area (Å²) < 4.78 is 13.1. The second kappa shape index (κ2) is 5.76. The quantitative estimate of drug-likeness (QED) is 0.915. The van der Waals surface area contributed by atoms with Crippen molar-refractivity contribution >= 4 is 5.78 Å². The Hall–Kier alpha value is -2.00. The van der Waals surface area contributed by atoms with Crippen LogP contribution in [0.5, 0.6) is 0 Å². The highest BCUT2D eigenvalue weighted by atomic mass is 19.1. The lowest BCUT2D eigenvalue weighted by Gasteiger charge is -2.11. The number of halogens is 1. The Labute approximate surface area is 111 Å². The molecule has 0 saturated heterocycles. The van der Waals surface area contributed by atoms with E-state index < -0.39 is 6.10 Å². The maximum Gasteiger partial charge on any atom is 0.170 e. The van der Waals surface area contributed by atoms with Gasteiger partial charge in [0.25, 0.3) is 0 Å². The fraction of sp³-hybridized carbons (Fsp3) is 0.188. The average molecular weight is 258 g/mol. The lowest BCUT2D eigenvalue weighted by Crippen LogP contribution is -2.15. The van der Waals surface area contributed by atoms with E-state index >= 15 is 0 Å². The van der Waals surface area contributed by atoms with E-state index in [1.165, 1.54) is 12.1 Å². The molecule has 2 nitrogen and oxygen atoms in total. The van der Waals surface area contributed by atoms with E-state index in [-0.39, 0.29) is 18.0 Å². The number of benzene rings is 2. The van der Waals surface area contributed by atoms with Crippen molar-refractivity contribution in [3.05, 3.63) is 71.0 Å². The third kappa shape index (κ3) is 3.26. The molecule has 0 aromatic heterocycles. The van der Waals surface area contributed by atoms with Gasteiger partial charge in [-0.1, -0.05) is 36.4 Å². The van der Waals surface area contributed by atoms with E-state index in [9.17, 15) is 14.3 Å². The number of rotatable bonds is 4. The Balaban J connectivity index is 2.15. The van der Waals surface area contributed by atoms with Crippen molar-refractivity contribution in [1.82, 2.24) is 0 Å². The fourth-order valence-electron chi connectivity index (χ4n) is 1.94. The predicted molar refractivity (Wildman–Crippen MR) is 71.2 cm³/mol. The van der Waals surface area contributed by atoms with E-state index in [0.717, 1.165) is 5.56 Å². The minimum absolute atomic E-state index is 0.0274. The number of hydrogen-bond acceptors (Lipinski definition) is 2. The molecular weight excluding hydrogens is 243 g/mol. The van der Waals surface area contributed by atoms with Crippen LogP contribution in [0, 0.1) is 12.7 Å². The second-order valence-electron chi connectivity index (χ2n) is 4.53. The van der Waals surface area contributed by atoms with E-state index in [0.29, 0.717) is 11.1 Å². The van der Waals surface area contributed by atoms with Crippen molar-refractivity contribution in [1.29, 1.82) is 0 Å². The molecule has 2 aromatic rings. The fourth-order valence-corrected chi connectivity index (χ4v) is 1.94. The first kappa shape index (κ1) is 13.4. The van der Waals surface area contributed by atoms with Gasteiger partial charge in [0.05, 0.1) is 0 Å². The van der Waals surface area contributed by atoms with Crippen LogP contribution in [0.1, 0.15) is 22.8 Å². The molecule has 2 aromatic carbocycles. The van der Waals surface area contributed by atoms with Gasteiger partial charge in [-0.3, -0.25) is 4.79 Å². The van der Waals surface area contributed by atoms with Gasteiger partial charge in [-0.25, -0.2) is 4.39 Å². The lowest BCUT2D eigenvalue weighted by atomic mass is 9.97. The van der Waals surface area contributed by atoms with Crippen molar-refractivity contribution in [2.45, 2.75) is 19.4 Å². The number of carbonyl (C=O) groups excluding carboxylic acids is 1. The monoisotopic (exact) mass is 258 g/mol. The van der Waals surface area contributed by atoms with Crippen LogP contribution in [0.2, 0.25) is 0 Å². The minimum Gasteiger partial charge on any atom is -0.381 e. The molecule has 0 radical (unpaired) electrons. The molecule has 1 atom stereocenters. The first-order chi connectivity index (χ1) is 9.08. The van der Waals surface area contributed by atoms with Crippen molar-refractivity contribution in [2.24, 2.45) is 0 Å². The summed E-state index contributed by atoms with van der Waals surface area (Å²) in [6.07, 6.45) is -1.14. The molecule has 0 amide bonds. The van der Waals surface area contributed by atoms with E-state index in [1.54, 1.807) is 30.3 Å². The number of Topliss-reactive ketones (excluding diaryl/α,β-unsaturated/α-hetero) is 1. The van der Waals surface area contributed by atoms with E-state index in [2.05, 4.69) is 0 Å². The molecule has 2 rings (SSSR count). The number of aryl methyl sites for hydroxylation is 1. The van der Waals surface area contributed by atoms with E-state index in [4.69, 9.17) is 0 Å². The normalized spacial score (nSPS) is 12.2. The third-order valence-electron chi connectivity index (χ3n) is 3.10. The van der Waals surface area contributed by atoms with Gasteiger partial charge in [0, 0.05) is 6.42 Å². The van der Waals surface area contributed by atoms with Crippen molar-refractivity contribution in [3.8, 4) is 0 Å². The van der Waals surface area contributed by atoms with Gasteiger partial charge in [-0.2, -0.15) is 0 Å².